The van der Waals surface area contributed by atoms with Gasteiger partial charge >= 0.3 is 0 Å². The van der Waals surface area contributed by atoms with E-state index in [9.17, 15) is 9.59 Å². The van der Waals surface area contributed by atoms with Crippen molar-refractivity contribution in [1.82, 2.24) is 19.6 Å². The van der Waals surface area contributed by atoms with E-state index in [4.69, 9.17) is 0 Å². The Morgan fingerprint density at radius 3 is 2.38 bits per heavy atom. The van der Waals surface area contributed by atoms with E-state index in [1.807, 2.05) is 49.9 Å². The lowest BCUT2D eigenvalue weighted by atomic mass is 10.2. The molecule has 2 aromatic rings. The Bertz CT molecular complexity index is 859. The van der Waals surface area contributed by atoms with E-state index in [1.165, 1.54) is 0 Å². The molecule has 29 heavy (non-hydrogen) atoms. The molecule has 1 aromatic heterocycles. The number of carbonyl (C=O) groups excluding carboxylic acids is 2. The van der Waals surface area contributed by atoms with Gasteiger partial charge in [-0.05, 0) is 45.5 Å². The number of amides is 2. The molecular formula is C21H30ClN5O2. The van der Waals surface area contributed by atoms with E-state index in [0.717, 1.165) is 30.0 Å². The summed E-state index contributed by atoms with van der Waals surface area (Å²) >= 11 is 0. The monoisotopic (exact) mass is 419 g/mol. The van der Waals surface area contributed by atoms with Crippen molar-refractivity contribution >= 4 is 29.9 Å². The highest BCUT2D eigenvalue weighted by Gasteiger charge is 2.24. The number of hydrogen-bond acceptors (Lipinski definition) is 4. The molecule has 1 aromatic carbocycles. The predicted octanol–water partition coefficient (Wildman–Crippen LogP) is 2.36. The van der Waals surface area contributed by atoms with Gasteiger partial charge < -0.3 is 14.7 Å². The van der Waals surface area contributed by atoms with Crippen LogP contribution in [0.3, 0.4) is 0 Å². The number of likely N-dealkylation sites (N-methyl/N-ethyl adjacent to an activating group) is 2. The van der Waals surface area contributed by atoms with Crippen molar-refractivity contribution in [3.05, 3.63) is 47.3 Å². The maximum atomic E-state index is 12.9. The van der Waals surface area contributed by atoms with E-state index >= 15 is 0 Å². The van der Waals surface area contributed by atoms with Crippen molar-refractivity contribution in [2.75, 3.05) is 44.7 Å². The zero-order chi connectivity index (χ0) is 20.3. The van der Waals surface area contributed by atoms with Crippen molar-refractivity contribution < 1.29 is 9.59 Å². The standard InChI is InChI=1S/C21H29N5O2.ClH/c1-5-25(19-9-7-6-8-16(19)2)20(27)15-26-17(3)14-18(22-26)21(28)24-12-10-23(4)11-13-24;/h6-9,14H,5,10-13,15H2,1-4H3;1H. The van der Waals surface area contributed by atoms with Crippen LogP contribution in [0.2, 0.25) is 0 Å². The van der Waals surface area contributed by atoms with Crippen molar-refractivity contribution in [1.29, 1.82) is 0 Å². The molecule has 1 aliphatic heterocycles. The van der Waals surface area contributed by atoms with Crippen LogP contribution in [0.15, 0.2) is 30.3 Å². The van der Waals surface area contributed by atoms with Gasteiger partial charge in [-0.3, -0.25) is 14.3 Å². The molecule has 0 spiro atoms. The normalized spacial score (nSPS) is 14.4. The fraction of sp³-hybridized carbons (Fsp3) is 0.476. The number of rotatable bonds is 5. The molecule has 1 fully saturated rings. The predicted molar refractivity (Wildman–Crippen MR) is 117 cm³/mol. The molecule has 158 valence electrons. The zero-order valence-corrected chi connectivity index (χ0v) is 18.4. The summed E-state index contributed by atoms with van der Waals surface area (Å²) in [6, 6.07) is 9.62. The highest BCUT2D eigenvalue weighted by atomic mass is 35.5. The minimum absolute atomic E-state index is 0. The molecule has 0 aliphatic carbocycles. The van der Waals surface area contributed by atoms with Gasteiger partial charge in [0.05, 0.1) is 0 Å². The maximum Gasteiger partial charge on any atom is 0.274 e. The maximum absolute atomic E-state index is 12.9. The minimum Gasteiger partial charge on any atom is -0.335 e. The average molecular weight is 420 g/mol. The number of aryl methyl sites for hydroxylation is 2. The third-order valence-electron chi connectivity index (χ3n) is 5.30. The van der Waals surface area contributed by atoms with Gasteiger partial charge in [-0.2, -0.15) is 5.10 Å². The fourth-order valence-electron chi connectivity index (χ4n) is 3.51. The molecule has 0 radical (unpaired) electrons. The minimum atomic E-state index is -0.0614. The van der Waals surface area contributed by atoms with E-state index in [0.29, 0.717) is 25.3 Å². The van der Waals surface area contributed by atoms with Crippen LogP contribution in [0, 0.1) is 13.8 Å². The highest BCUT2D eigenvalue weighted by Crippen LogP contribution is 2.20. The molecule has 1 saturated heterocycles. The Morgan fingerprint density at radius 1 is 1.10 bits per heavy atom. The van der Waals surface area contributed by atoms with Gasteiger partial charge in [-0.1, -0.05) is 18.2 Å². The lowest BCUT2D eigenvalue weighted by molar-refractivity contribution is -0.119. The Morgan fingerprint density at radius 2 is 1.76 bits per heavy atom. The van der Waals surface area contributed by atoms with Crippen molar-refractivity contribution in [2.24, 2.45) is 0 Å². The van der Waals surface area contributed by atoms with Crippen LogP contribution >= 0.6 is 12.4 Å². The van der Waals surface area contributed by atoms with E-state index in [2.05, 4.69) is 17.0 Å². The Balaban J connectivity index is 0.00000300. The van der Waals surface area contributed by atoms with E-state index in [-0.39, 0.29) is 30.8 Å². The van der Waals surface area contributed by atoms with Crippen molar-refractivity contribution in [3.8, 4) is 0 Å². The molecule has 2 heterocycles. The quantitative estimate of drug-likeness (QED) is 0.746. The second-order valence-electron chi connectivity index (χ2n) is 7.35. The summed E-state index contributed by atoms with van der Waals surface area (Å²) in [5.41, 5.74) is 3.19. The van der Waals surface area contributed by atoms with Crippen LogP contribution in [0.1, 0.15) is 28.7 Å². The molecule has 0 unspecified atom stereocenters. The van der Waals surface area contributed by atoms with Gasteiger partial charge in [-0.15, -0.1) is 12.4 Å². The first kappa shape index (κ1) is 22.9. The van der Waals surface area contributed by atoms with Gasteiger partial charge in [0.15, 0.2) is 5.69 Å². The lowest BCUT2D eigenvalue weighted by Crippen LogP contribution is -2.47. The number of benzene rings is 1. The Labute approximate surface area is 178 Å². The Kier molecular flexibility index (Phi) is 7.81. The third kappa shape index (κ3) is 5.16. The van der Waals surface area contributed by atoms with Crippen LogP contribution in [0.25, 0.3) is 0 Å². The Hall–Kier alpha value is -2.38. The highest BCUT2D eigenvalue weighted by molar-refractivity contribution is 5.94. The number of anilines is 1. The molecule has 0 atom stereocenters. The SMILES string of the molecule is CCN(C(=O)Cn1nc(C(=O)N2CCN(C)CC2)cc1C)c1ccccc1C.Cl. The van der Waals surface area contributed by atoms with Crippen LogP contribution in [-0.4, -0.2) is 71.2 Å². The number of halogens is 1. The smallest absolute Gasteiger partial charge is 0.274 e. The summed E-state index contributed by atoms with van der Waals surface area (Å²) < 4.78 is 1.63. The van der Waals surface area contributed by atoms with Gasteiger partial charge in [0, 0.05) is 44.1 Å². The molecule has 3 rings (SSSR count). The van der Waals surface area contributed by atoms with E-state index in [1.54, 1.807) is 15.6 Å². The van der Waals surface area contributed by atoms with Crippen molar-refractivity contribution in [2.45, 2.75) is 27.3 Å². The molecule has 0 bridgehead atoms. The van der Waals surface area contributed by atoms with Crippen LogP contribution in [0.4, 0.5) is 5.69 Å². The number of para-hydroxylation sites is 1. The first-order valence-corrected chi connectivity index (χ1v) is 9.79. The van der Waals surface area contributed by atoms with Gasteiger partial charge in [0.25, 0.3) is 5.91 Å². The summed E-state index contributed by atoms with van der Waals surface area (Å²) in [5.74, 6) is -0.102. The van der Waals surface area contributed by atoms with Crippen LogP contribution in [-0.2, 0) is 11.3 Å². The van der Waals surface area contributed by atoms with Gasteiger partial charge in [0.1, 0.15) is 6.54 Å². The molecule has 8 heteroatoms. The number of nitrogens with zero attached hydrogens (tertiary/aromatic N) is 5. The molecular weight excluding hydrogens is 390 g/mol. The summed E-state index contributed by atoms with van der Waals surface area (Å²) in [7, 11) is 2.06. The topological polar surface area (TPSA) is 61.7 Å². The second-order valence-corrected chi connectivity index (χ2v) is 7.35. The second kappa shape index (κ2) is 9.89. The third-order valence-corrected chi connectivity index (χ3v) is 5.30. The molecule has 1 aliphatic rings. The number of aromatic nitrogens is 2. The summed E-state index contributed by atoms with van der Waals surface area (Å²) in [6.07, 6.45) is 0. The lowest BCUT2D eigenvalue weighted by Gasteiger charge is -2.31. The number of carbonyl (C=O) groups is 2. The summed E-state index contributed by atoms with van der Waals surface area (Å²) in [5, 5.41) is 4.44. The summed E-state index contributed by atoms with van der Waals surface area (Å²) in [6.45, 7) is 9.68. The summed E-state index contributed by atoms with van der Waals surface area (Å²) in [4.78, 5) is 31.5. The molecule has 2 amide bonds. The van der Waals surface area contributed by atoms with Crippen molar-refractivity contribution in [3.63, 3.8) is 0 Å². The molecule has 0 saturated carbocycles. The first-order chi connectivity index (χ1) is 13.4. The first-order valence-electron chi connectivity index (χ1n) is 9.79. The van der Waals surface area contributed by atoms with Crippen LogP contribution < -0.4 is 4.90 Å². The van der Waals surface area contributed by atoms with Gasteiger partial charge in [0.2, 0.25) is 5.91 Å². The molecule has 7 nitrogen and oxygen atoms in total. The van der Waals surface area contributed by atoms with E-state index < -0.39 is 0 Å². The number of hydrogen-bond donors (Lipinski definition) is 0. The number of piperazine rings is 1. The largest absolute Gasteiger partial charge is 0.335 e. The molecule has 0 N–H and O–H groups in total. The fourth-order valence-corrected chi connectivity index (χ4v) is 3.51. The average Bonchev–Trinajstić information content (AvgIpc) is 3.04. The zero-order valence-electron chi connectivity index (χ0n) is 17.6. The van der Waals surface area contributed by atoms with Crippen LogP contribution in [0.5, 0.6) is 0 Å². The van der Waals surface area contributed by atoms with Gasteiger partial charge in [-0.25, -0.2) is 0 Å².